The van der Waals surface area contributed by atoms with E-state index >= 15 is 0 Å². The largest absolute Gasteiger partial charge is 0.395 e. The second-order valence-corrected chi connectivity index (χ2v) is 35.0. The SMILES string of the molecule is Cc1cc(CO)ccc1F.Cc1cc(F)c(CO)cc1-c1ccccc1.Cc1ccc(C(O)c2ccccc2)cc1.N#CC1CCCC(C(O)C2CCCCC2)C1.N=C=O.O=C(C1=NCN=C1)c1ccccn1.O=S(=O)(c1ccccc1)c1cccc(C(O)c2ccccc2)c1.OC(c1ccccc1)c1cnccn1.OCC1C=c2ccccc2=C1.OCc1ccc2c(c1)Nc1ccccc1C2. The third-order valence-corrected chi connectivity index (χ3v) is 25.2. The summed E-state index contributed by atoms with van der Waals surface area (Å²) in [5, 5.41) is 96.7. The smallest absolute Gasteiger partial charge is 0.231 e. The zero-order valence-electron chi connectivity index (χ0n) is 76.8. The molecule has 0 spiro atoms. The molecule has 2 fully saturated rings. The van der Waals surface area contributed by atoms with E-state index in [1.54, 1.807) is 117 Å². The van der Waals surface area contributed by atoms with Crippen LogP contribution in [0, 0.1) is 72.8 Å². The van der Waals surface area contributed by atoms with Gasteiger partial charge in [0.05, 0.1) is 66.5 Å². The monoisotopic (exact) mass is 1860 g/mol. The lowest BCUT2D eigenvalue weighted by Crippen LogP contribution is -2.33. The van der Waals surface area contributed by atoms with Crippen LogP contribution in [0.3, 0.4) is 0 Å². The summed E-state index contributed by atoms with van der Waals surface area (Å²) < 4.78 is 51.3. The highest BCUT2D eigenvalue weighted by Gasteiger charge is 2.33. The summed E-state index contributed by atoms with van der Waals surface area (Å²) in [5.41, 5.74) is 16.9. The maximum absolute atomic E-state index is 13.4. The van der Waals surface area contributed by atoms with E-state index in [0.29, 0.717) is 52.3 Å². The summed E-state index contributed by atoms with van der Waals surface area (Å²) in [7, 11) is -3.59. The molecule has 2 saturated carbocycles. The van der Waals surface area contributed by atoms with E-state index < -0.39 is 28.1 Å². The maximum Gasteiger partial charge on any atom is 0.231 e. The third kappa shape index (κ3) is 32.2. The van der Waals surface area contributed by atoms with Gasteiger partial charge in [0.2, 0.25) is 21.7 Å². The van der Waals surface area contributed by atoms with Gasteiger partial charge in [-0.2, -0.15) is 5.26 Å². The van der Waals surface area contributed by atoms with Crippen LogP contribution in [0.15, 0.2) is 360 Å². The first-order chi connectivity index (χ1) is 66.6. The van der Waals surface area contributed by atoms with Gasteiger partial charge in [0.25, 0.3) is 0 Å². The minimum atomic E-state index is -3.59. The number of pyridine rings is 1. The molecule has 137 heavy (non-hydrogen) atoms. The first-order valence-corrected chi connectivity index (χ1v) is 46.9. The quantitative estimate of drug-likeness (QED) is 0.0230. The first-order valence-electron chi connectivity index (χ1n) is 45.4. The summed E-state index contributed by atoms with van der Waals surface area (Å²) in [6.07, 6.45) is 22.1. The zero-order valence-corrected chi connectivity index (χ0v) is 77.7. The number of rotatable bonds is 17. The van der Waals surface area contributed by atoms with E-state index in [2.05, 4.69) is 84.9 Å². The number of aliphatic imine (C=N–C) groups is 2. The van der Waals surface area contributed by atoms with Gasteiger partial charge < -0.3 is 46.2 Å². The summed E-state index contributed by atoms with van der Waals surface area (Å²) in [4.78, 5) is 40.0. The molecule has 0 radical (unpaired) electrons. The number of nitriles is 1. The zero-order chi connectivity index (χ0) is 97.7. The number of ketones is 1. The fraction of sp³-hybridized carbons (Fsp3) is 0.228. The molecule has 19 rings (SSSR count). The minimum absolute atomic E-state index is 0.0267. The number of isocyanates is 1. The van der Waals surface area contributed by atoms with Gasteiger partial charge in [-0.3, -0.25) is 29.7 Å². The summed E-state index contributed by atoms with van der Waals surface area (Å²) in [6.45, 7) is 5.95. The molecular formula is C114H116F2N8O12S. The second-order valence-electron chi connectivity index (χ2n) is 33.1. The molecule has 0 bridgehead atoms. The molecule has 10 N–H and O–H groups in total. The first kappa shape index (κ1) is 105. The highest BCUT2D eigenvalue weighted by Crippen LogP contribution is 2.39. The molecule has 14 aromatic rings. The van der Waals surface area contributed by atoms with Crippen LogP contribution in [-0.4, -0.2) is 107 Å². The Morgan fingerprint density at radius 1 is 0.504 bits per heavy atom. The van der Waals surface area contributed by atoms with Crippen LogP contribution in [0.2, 0.25) is 0 Å². The molecular weight excluding hydrogens is 1740 g/mol. The predicted molar refractivity (Wildman–Crippen MR) is 534 cm³/mol. The Balaban J connectivity index is 0.000000160. The number of hydrogen-bond donors (Lipinski definition) is 10. The number of nitrogens with zero attached hydrogens (tertiary/aromatic N) is 6. The van der Waals surface area contributed by atoms with Crippen molar-refractivity contribution in [2.75, 3.05) is 18.6 Å². The van der Waals surface area contributed by atoms with Crippen molar-refractivity contribution in [3.05, 3.63) is 446 Å². The van der Waals surface area contributed by atoms with Crippen molar-refractivity contribution in [1.82, 2.24) is 15.0 Å². The molecule has 6 unspecified atom stereocenters. The second kappa shape index (κ2) is 55.6. The fourth-order valence-corrected chi connectivity index (χ4v) is 17.3. The standard InChI is InChI=1S/C19H16O3S.C14H13FO.C14H13NO.C14H23NO.C14H14O.C11H10N2O.C10H10O.C9H7N3O.C8H9FO.CHNO/c20-19(15-8-3-1-4-9-15)16-10-7-13-18(14-16)23(21,22)17-11-5-2-6-12-17;1-10-7-14(15)12(9-16)8-13(10)11-5-3-2-4-6-11;16-9-10-5-6-12-8-11-3-1-2-4-13(11)15-14(12)7-10;15-10-11-5-4-8-13(9-11)14(16)12-6-2-1-3-7-12;1-11-7-9-13(10-8-11)14(15)12-5-3-2-4-6-12;14-11(9-4-2-1-3-5-9)10-8-12-6-7-13-10;11-7-8-5-9-3-1-2-4-10(9)6-8;13-9(8-5-10-6-12-8)7-3-1-2-4-11-7;1-6-4-7(5-10)2-3-8(6)9;2-1-3/h1-14,19-20H;2-8,16H,9H2,1H3;1-7,15-16H,8-9H2;11-14,16H,1-9H2;2-10,14-15H,1H3;1-8,11,14H;1-6,8,11H,7H2;1-5H,6H2;2-4,10H,5H2,1H3;2H. The number of nitrogens with one attached hydrogen (secondary N) is 2. The number of aliphatic hydroxyl groups is 8. The van der Waals surface area contributed by atoms with Crippen LogP contribution < -0.4 is 15.8 Å². The Morgan fingerprint density at radius 3 is 1.61 bits per heavy atom. The molecule has 4 heterocycles. The number of hydrogen-bond acceptors (Lipinski definition) is 20. The number of benzene rings is 12. The van der Waals surface area contributed by atoms with Crippen molar-refractivity contribution < 1.29 is 67.6 Å². The van der Waals surface area contributed by atoms with Crippen LogP contribution in [0.1, 0.15) is 165 Å². The Labute approximate surface area is 800 Å². The normalized spacial score (nSPS) is 14.8. The molecule has 6 atom stereocenters. The molecule has 12 aromatic carbocycles. The fourth-order valence-electron chi connectivity index (χ4n) is 16.0. The predicted octanol–water partition coefficient (Wildman–Crippen LogP) is 19.8. The van der Waals surface area contributed by atoms with Crippen molar-refractivity contribution in [2.24, 2.45) is 33.7 Å². The van der Waals surface area contributed by atoms with Gasteiger partial charge in [0.15, 0.2) is 0 Å². The van der Waals surface area contributed by atoms with E-state index in [1.165, 1.54) is 89.3 Å². The number of fused-ring (bicyclic) bond motifs is 3. The van der Waals surface area contributed by atoms with Gasteiger partial charge in [-0.1, -0.05) is 292 Å². The van der Waals surface area contributed by atoms with Gasteiger partial charge in [-0.05, 0) is 214 Å². The number of carbonyl (C=O) groups is 1. The summed E-state index contributed by atoms with van der Waals surface area (Å²) in [5.74, 6) is 0.626. The highest BCUT2D eigenvalue weighted by atomic mass is 32.2. The van der Waals surface area contributed by atoms with E-state index in [-0.39, 0.29) is 71.6 Å². The molecule has 2 aliphatic heterocycles. The third-order valence-electron chi connectivity index (χ3n) is 23.4. The molecule has 3 aliphatic carbocycles. The Bertz CT molecular complexity index is 6410. The van der Waals surface area contributed by atoms with E-state index in [9.17, 15) is 42.4 Å². The number of anilines is 2. The van der Waals surface area contributed by atoms with Crippen LogP contribution in [0.4, 0.5) is 20.2 Å². The van der Waals surface area contributed by atoms with E-state index in [1.807, 2.05) is 190 Å². The Hall–Kier alpha value is -14.2. The van der Waals surface area contributed by atoms with Gasteiger partial charge in [-0.25, -0.2) is 27.4 Å². The lowest BCUT2D eigenvalue weighted by atomic mass is 9.73. The molecule has 2 aromatic heterocycles. The highest BCUT2D eigenvalue weighted by molar-refractivity contribution is 7.91. The number of sulfone groups is 1. The van der Waals surface area contributed by atoms with E-state index in [0.717, 1.165) is 93.9 Å². The molecule has 0 amide bonds. The number of Topliss-reactive ketones (excluding diaryl/α,β-unsaturated/α-hetero) is 1. The van der Waals surface area contributed by atoms with Gasteiger partial charge in [0, 0.05) is 53.8 Å². The Kier molecular flexibility index (Phi) is 42.5. The van der Waals surface area contributed by atoms with Crippen LogP contribution in [0.25, 0.3) is 23.3 Å². The molecule has 0 saturated heterocycles. The molecule has 23 heteroatoms. The van der Waals surface area contributed by atoms with Gasteiger partial charge in [-0.15, -0.1) is 0 Å². The lowest BCUT2D eigenvalue weighted by Gasteiger charge is -2.35. The van der Waals surface area contributed by atoms with Crippen molar-refractivity contribution in [2.45, 2.75) is 139 Å². The maximum atomic E-state index is 13.4. The lowest BCUT2D eigenvalue weighted by molar-refractivity contribution is 0.0134. The van der Waals surface area contributed by atoms with E-state index in [4.69, 9.17) is 35.9 Å². The summed E-state index contributed by atoms with van der Waals surface area (Å²) in [6, 6.07) is 98.6. The topological polar surface area (TPSA) is 353 Å². The number of para-hydroxylation sites is 1. The number of aliphatic hydroxyl groups excluding tert-OH is 8. The van der Waals surface area contributed by atoms with Crippen molar-refractivity contribution in [1.29, 1.82) is 10.7 Å². The number of carbonyl (C=O) groups excluding carboxylic acids is 2. The van der Waals surface area contributed by atoms with Crippen molar-refractivity contribution >= 4 is 57.2 Å². The van der Waals surface area contributed by atoms with Gasteiger partial charge in [0.1, 0.15) is 48.0 Å². The van der Waals surface area contributed by atoms with Crippen molar-refractivity contribution in [3.63, 3.8) is 0 Å². The van der Waals surface area contributed by atoms with Crippen molar-refractivity contribution in [3.8, 4) is 17.2 Å². The Morgan fingerprint density at radius 2 is 1.04 bits per heavy atom. The molecule has 20 nitrogen and oxygen atoms in total. The van der Waals surface area contributed by atoms with Crippen LogP contribution in [0.5, 0.6) is 0 Å². The number of aromatic nitrogens is 3. The van der Waals surface area contributed by atoms with Crippen LogP contribution >= 0.6 is 0 Å². The minimum Gasteiger partial charge on any atom is -0.395 e. The molecule has 704 valence electrons. The number of halogens is 2. The average molecular weight is 1860 g/mol. The molecule has 5 aliphatic rings. The van der Waals surface area contributed by atoms with Gasteiger partial charge >= 0.3 is 0 Å². The average Bonchev–Trinajstić information content (AvgIpc) is 1.48. The number of aryl methyl sites for hydroxylation is 3. The summed E-state index contributed by atoms with van der Waals surface area (Å²) >= 11 is 0. The van der Waals surface area contributed by atoms with Crippen LogP contribution in [-0.2, 0) is 40.9 Å².